The van der Waals surface area contributed by atoms with E-state index in [0.717, 1.165) is 25.7 Å². The van der Waals surface area contributed by atoms with E-state index in [1.54, 1.807) is 6.07 Å². The molecular weight excluding hydrogens is 308 g/mol. The van der Waals surface area contributed by atoms with Gasteiger partial charge in [-0.15, -0.1) is 0 Å². The monoisotopic (exact) mass is 330 g/mol. The number of ether oxygens (including phenoxy) is 1. The van der Waals surface area contributed by atoms with E-state index in [-0.39, 0.29) is 10.9 Å². The van der Waals surface area contributed by atoms with Crippen molar-refractivity contribution >= 4 is 27.5 Å². The molecule has 5 nitrogen and oxygen atoms in total. The van der Waals surface area contributed by atoms with E-state index in [1.165, 1.54) is 19.2 Å². The quantitative estimate of drug-likeness (QED) is 0.809. The summed E-state index contributed by atoms with van der Waals surface area (Å²) in [7, 11) is -2.06. The number of sulfonamides is 1. The summed E-state index contributed by atoms with van der Waals surface area (Å²) in [5.74, 6) is 0.378. The van der Waals surface area contributed by atoms with Gasteiger partial charge in [0.2, 0.25) is 10.0 Å². The summed E-state index contributed by atoms with van der Waals surface area (Å²) in [5, 5.41) is 0.535. The van der Waals surface area contributed by atoms with Crippen molar-refractivity contribution in [1.29, 1.82) is 0 Å². The fourth-order valence-electron chi connectivity index (χ4n) is 2.61. The van der Waals surface area contributed by atoms with Gasteiger partial charge in [-0.25, -0.2) is 13.1 Å². The summed E-state index contributed by atoms with van der Waals surface area (Å²) in [6.07, 6.45) is 6.07. The summed E-state index contributed by atoms with van der Waals surface area (Å²) in [5.41, 5.74) is 6.15. The van der Waals surface area contributed by atoms with Gasteiger partial charge in [0, 0.05) is 17.4 Å². The second-order valence-electron chi connectivity index (χ2n) is 5.25. The molecule has 1 aromatic carbocycles. The lowest BCUT2D eigenvalue weighted by molar-refractivity contribution is 0.414. The highest BCUT2D eigenvalue weighted by Crippen LogP contribution is 2.29. The van der Waals surface area contributed by atoms with Gasteiger partial charge in [-0.1, -0.05) is 6.42 Å². The van der Waals surface area contributed by atoms with Crippen LogP contribution in [-0.2, 0) is 10.0 Å². The highest BCUT2D eigenvalue weighted by molar-refractivity contribution is 7.99. The van der Waals surface area contributed by atoms with Gasteiger partial charge in [0.1, 0.15) is 5.75 Å². The molecule has 0 bridgehead atoms. The Kier molecular flexibility index (Phi) is 5.40. The number of rotatable bonds is 5. The van der Waals surface area contributed by atoms with E-state index in [2.05, 4.69) is 11.0 Å². The summed E-state index contributed by atoms with van der Waals surface area (Å²) >= 11 is 1.81. The standard InChI is InChI=1S/C14H22N2O3S2/c1-19-14-9-12(6-7-13(14)15)21(17,18)16-10-4-3-5-11(8-10)20-2/h6-7,9-11,16H,3-5,8,15H2,1-2H3. The molecule has 0 amide bonds. The van der Waals surface area contributed by atoms with Crippen LogP contribution < -0.4 is 15.2 Å². The van der Waals surface area contributed by atoms with Crippen LogP contribution in [0, 0.1) is 0 Å². The van der Waals surface area contributed by atoms with Gasteiger partial charge in [-0.05, 0) is 37.7 Å². The van der Waals surface area contributed by atoms with Crippen LogP contribution in [0.2, 0.25) is 0 Å². The molecule has 7 heteroatoms. The molecule has 0 spiro atoms. The van der Waals surface area contributed by atoms with Gasteiger partial charge in [0.05, 0.1) is 17.7 Å². The van der Waals surface area contributed by atoms with Gasteiger partial charge in [-0.3, -0.25) is 0 Å². The number of anilines is 1. The average Bonchev–Trinajstić information content (AvgIpc) is 2.47. The zero-order valence-corrected chi connectivity index (χ0v) is 14.0. The fraction of sp³-hybridized carbons (Fsp3) is 0.571. The first-order valence-corrected chi connectivity index (χ1v) is 9.72. The number of methoxy groups -OCH3 is 1. The molecule has 2 unspecified atom stereocenters. The molecule has 21 heavy (non-hydrogen) atoms. The Balaban J connectivity index is 2.14. The van der Waals surface area contributed by atoms with Crippen LogP contribution >= 0.6 is 11.8 Å². The largest absolute Gasteiger partial charge is 0.495 e. The van der Waals surface area contributed by atoms with Crippen molar-refractivity contribution in [2.45, 2.75) is 41.9 Å². The number of hydrogen-bond donors (Lipinski definition) is 2. The molecule has 0 radical (unpaired) electrons. The molecule has 0 heterocycles. The van der Waals surface area contributed by atoms with E-state index >= 15 is 0 Å². The second-order valence-corrected chi connectivity index (χ2v) is 8.10. The molecule has 2 atom stereocenters. The van der Waals surface area contributed by atoms with E-state index < -0.39 is 10.0 Å². The molecule has 3 N–H and O–H groups in total. The third-order valence-electron chi connectivity index (χ3n) is 3.80. The predicted octanol–water partition coefficient (Wildman–Crippen LogP) is 2.23. The maximum atomic E-state index is 12.5. The Morgan fingerprint density at radius 1 is 1.38 bits per heavy atom. The zero-order valence-electron chi connectivity index (χ0n) is 12.3. The number of thioether (sulfide) groups is 1. The highest BCUT2D eigenvalue weighted by Gasteiger charge is 2.26. The van der Waals surface area contributed by atoms with Crippen molar-refractivity contribution in [2.24, 2.45) is 0 Å². The summed E-state index contributed by atoms with van der Waals surface area (Å²) in [4.78, 5) is 0.194. The number of nitrogen functional groups attached to an aromatic ring is 1. The van der Waals surface area contributed by atoms with Crippen LogP contribution in [0.4, 0.5) is 5.69 Å². The normalized spacial score (nSPS) is 23.0. The van der Waals surface area contributed by atoms with Crippen molar-refractivity contribution < 1.29 is 13.2 Å². The van der Waals surface area contributed by atoms with Crippen molar-refractivity contribution in [1.82, 2.24) is 4.72 Å². The number of benzene rings is 1. The Morgan fingerprint density at radius 2 is 2.14 bits per heavy atom. The van der Waals surface area contributed by atoms with Crippen molar-refractivity contribution in [3.05, 3.63) is 18.2 Å². The van der Waals surface area contributed by atoms with Crippen molar-refractivity contribution in [2.75, 3.05) is 19.1 Å². The predicted molar refractivity (Wildman–Crippen MR) is 87.3 cm³/mol. The lowest BCUT2D eigenvalue weighted by atomic mass is 9.96. The average molecular weight is 330 g/mol. The maximum Gasteiger partial charge on any atom is 0.240 e. The molecule has 0 saturated heterocycles. The minimum Gasteiger partial charge on any atom is -0.495 e. The first-order valence-electron chi connectivity index (χ1n) is 6.95. The first-order chi connectivity index (χ1) is 9.96. The molecule has 118 valence electrons. The molecule has 0 aliphatic heterocycles. The Hall–Kier alpha value is -0.920. The van der Waals surface area contributed by atoms with Crippen LogP contribution in [0.5, 0.6) is 5.75 Å². The molecule has 1 aliphatic carbocycles. The third kappa shape index (κ3) is 4.05. The van der Waals surface area contributed by atoms with Crippen LogP contribution in [-0.4, -0.2) is 33.1 Å². The SMILES string of the molecule is COc1cc(S(=O)(=O)NC2CCCC(SC)C2)ccc1N. The number of nitrogens with one attached hydrogen (secondary N) is 1. The Morgan fingerprint density at radius 3 is 2.81 bits per heavy atom. The molecular formula is C14H22N2O3S2. The van der Waals surface area contributed by atoms with Gasteiger partial charge < -0.3 is 10.5 Å². The van der Waals surface area contributed by atoms with E-state index in [9.17, 15) is 8.42 Å². The lowest BCUT2D eigenvalue weighted by Crippen LogP contribution is -2.39. The molecule has 1 aromatic rings. The molecule has 1 fully saturated rings. The van der Waals surface area contributed by atoms with Gasteiger partial charge in [0.25, 0.3) is 0 Å². The molecule has 2 rings (SSSR count). The van der Waals surface area contributed by atoms with Crippen LogP contribution in [0.1, 0.15) is 25.7 Å². The molecule has 1 saturated carbocycles. The van der Waals surface area contributed by atoms with Crippen LogP contribution in [0.3, 0.4) is 0 Å². The first kappa shape index (κ1) is 16.5. The lowest BCUT2D eigenvalue weighted by Gasteiger charge is -2.28. The minimum absolute atomic E-state index is 0.00440. The maximum absolute atomic E-state index is 12.5. The Bertz CT molecular complexity index is 590. The Labute approximate surface area is 130 Å². The number of hydrogen-bond acceptors (Lipinski definition) is 5. The van der Waals surface area contributed by atoms with Crippen LogP contribution in [0.25, 0.3) is 0 Å². The van der Waals surface area contributed by atoms with E-state index in [0.29, 0.717) is 16.7 Å². The topological polar surface area (TPSA) is 81.4 Å². The van der Waals surface area contributed by atoms with E-state index in [1.807, 2.05) is 11.8 Å². The molecule has 0 aromatic heterocycles. The van der Waals surface area contributed by atoms with Gasteiger partial charge in [-0.2, -0.15) is 11.8 Å². The third-order valence-corrected chi connectivity index (χ3v) is 6.41. The minimum atomic E-state index is -3.54. The summed E-state index contributed by atoms with van der Waals surface area (Å²) < 4.78 is 32.8. The second kappa shape index (κ2) is 6.89. The summed E-state index contributed by atoms with van der Waals surface area (Å²) in [6, 6.07) is 4.53. The molecule has 1 aliphatic rings. The van der Waals surface area contributed by atoms with Crippen LogP contribution in [0.15, 0.2) is 23.1 Å². The van der Waals surface area contributed by atoms with Gasteiger partial charge >= 0.3 is 0 Å². The summed E-state index contributed by atoms with van der Waals surface area (Å²) in [6.45, 7) is 0. The van der Waals surface area contributed by atoms with E-state index in [4.69, 9.17) is 10.5 Å². The smallest absolute Gasteiger partial charge is 0.240 e. The zero-order chi connectivity index (χ0) is 15.5. The fourth-order valence-corrected chi connectivity index (χ4v) is 4.74. The van der Waals surface area contributed by atoms with Gasteiger partial charge in [0.15, 0.2) is 0 Å². The van der Waals surface area contributed by atoms with Crippen molar-refractivity contribution in [3.8, 4) is 5.75 Å². The highest BCUT2D eigenvalue weighted by atomic mass is 32.2. The number of nitrogens with two attached hydrogens (primary N) is 1. The van der Waals surface area contributed by atoms with Crippen molar-refractivity contribution in [3.63, 3.8) is 0 Å².